The summed E-state index contributed by atoms with van der Waals surface area (Å²) in [6, 6.07) is 0. The Morgan fingerprint density at radius 2 is 2.08 bits per heavy atom. The number of carbonyl (C=O) groups excluding carboxylic acids is 1. The molecule has 0 aromatic rings. The molecule has 0 amide bonds. The predicted molar refractivity (Wildman–Crippen MR) is 52.4 cm³/mol. The van der Waals surface area contributed by atoms with Crippen molar-refractivity contribution < 1.29 is 9.53 Å². The molecule has 0 aromatic carbocycles. The van der Waals surface area contributed by atoms with Crippen molar-refractivity contribution in [3.05, 3.63) is 0 Å². The Balaban J connectivity index is 2.37. The van der Waals surface area contributed by atoms with Crippen molar-refractivity contribution in [2.75, 3.05) is 6.61 Å². The van der Waals surface area contributed by atoms with Gasteiger partial charge in [-0.3, -0.25) is 4.79 Å². The van der Waals surface area contributed by atoms with Crippen LogP contribution in [0.5, 0.6) is 0 Å². The van der Waals surface area contributed by atoms with Crippen molar-refractivity contribution in [3.8, 4) is 0 Å². The van der Waals surface area contributed by atoms with Crippen molar-refractivity contribution in [1.29, 1.82) is 0 Å². The largest absolute Gasteiger partial charge is 0.466 e. The van der Waals surface area contributed by atoms with E-state index in [2.05, 4.69) is 6.92 Å². The van der Waals surface area contributed by atoms with Crippen LogP contribution in [-0.4, -0.2) is 12.6 Å². The molecule has 2 unspecified atom stereocenters. The summed E-state index contributed by atoms with van der Waals surface area (Å²) in [7, 11) is 0. The van der Waals surface area contributed by atoms with E-state index in [9.17, 15) is 4.79 Å². The van der Waals surface area contributed by atoms with E-state index in [1.54, 1.807) is 0 Å². The van der Waals surface area contributed by atoms with Crippen molar-refractivity contribution in [1.82, 2.24) is 0 Å². The third-order valence-electron chi connectivity index (χ3n) is 2.88. The Morgan fingerprint density at radius 1 is 1.31 bits per heavy atom. The molecule has 1 rings (SSSR count). The predicted octanol–water partition coefficient (Wildman–Crippen LogP) is 2.77. The number of hydrogen-bond acceptors (Lipinski definition) is 2. The molecule has 0 aromatic heterocycles. The number of esters is 1. The SMILES string of the molecule is CCOC(=O)C1CCCC(C)CC1. The molecule has 13 heavy (non-hydrogen) atoms. The number of rotatable bonds is 2. The van der Waals surface area contributed by atoms with Crippen molar-refractivity contribution in [3.63, 3.8) is 0 Å². The minimum Gasteiger partial charge on any atom is -0.466 e. The molecular formula is C11H20O2. The minimum absolute atomic E-state index is 0.0246. The van der Waals surface area contributed by atoms with Gasteiger partial charge in [0.25, 0.3) is 0 Å². The molecule has 0 spiro atoms. The van der Waals surface area contributed by atoms with Crippen LogP contribution in [0, 0.1) is 11.8 Å². The Morgan fingerprint density at radius 3 is 2.77 bits per heavy atom. The summed E-state index contributed by atoms with van der Waals surface area (Å²) in [6.45, 7) is 4.66. The lowest BCUT2D eigenvalue weighted by Gasteiger charge is -2.11. The van der Waals surface area contributed by atoms with Gasteiger partial charge in [-0.25, -0.2) is 0 Å². The first-order valence-corrected chi connectivity index (χ1v) is 5.40. The lowest BCUT2D eigenvalue weighted by molar-refractivity contribution is -0.148. The fourth-order valence-electron chi connectivity index (χ4n) is 1.98. The second kappa shape index (κ2) is 5.25. The van der Waals surface area contributed by atoms with E-state index >= 15 is 0 Å². The summed E-state index contributed by atoms with van der Waals surface area (Å²) in [5.41, 5.74) is 0. The molecule has 0 saturated heterocycles. The van der Waals surface area contributed by atoms with Crippen molar-refractivity contribution in [2.45, 2.75) is 46.0 Å². The molecule has 0 N–H and O–H groups in total. The molecule has 1 aliphatic rings. The van der Waals surface area contributed by atoms with Crippen LogP contribution in [-0.2, 0) is 9.53 Å². The zero-order valence-electron chi connectivity index (χ0n) is 8.71. The molecule has 1 fully saturated rings. The van der Waals surface area contributed by atoms with Gasteiger partial charge in [-0.1, -0.05) is 19.8 Å². The van der Waals surface area contributed by atoms with Gasteiger partial charge < -0.3 is 4.74 Å². The average Bonchev–Trinajstić information content (AvgIpc) is 2.30. The van der Waals surface area contributed by atoms with Crippen LogP contribution >= 0.6 is 0 Å². The Bertz CT molecular complexity index is 165. The highest BCUT2D eigenvalue weighted by molar-refractivity contribution is 5.72. The maximum atomic E-state index is 11.4. The van der Waals surface area contributed by atoms with Crippen molar-refractivity contribution in [2.24, 2.45) is 11.8 Å². The van der Waals surface area contributed by atoms with Crippen molar-refractivity contribution >= 4 is 5.97 Å². The van der Waals surface area contributed by atoms with Gasteiger partial charge in [0.1, 0.15) is 0 Å². The molecule has 76 valence electrons. The van der Waals surface area contributed by atoms with E-state index < -0.39 is 0 Å². The van der Waals surface area contributed by atoms with Crippen LogP contribution in [0.15, 0.2) is 0 Å². The van der Waals surface area contributed by atoms with E-state index in [1.165, 1.54) is 19.3 Å². The van der Waals surface area contributed by atoms with Gasteiger partial charge >= 0.3 is 5.97 Å². The molecule has 0 bridgehead atoms. The summed E-state index contributed by atoms with van der Waals surface area (Å²) >= 11 is 0. The van der Waals surface area contributed by atoms with Crippen LogP contribution in [0.1, 0.15) is 46.0 Å². The Labute approximate surface area is 80.7 Å². The zero-order chi connectivity index (χ0) is 9.68. The third-order valence-corrected chi connectivity index (χ3v) is 2.88. The van der Waals surface area contributed by atoms with Crippen LogP contribution < -0.4 is 0 Å². The van der Waals surface area contributed by atoms with Crippen LogP contribution in [0.25, 0.3) is 0 Å². The molecule has 2 heteroatoms. The maximum Gasteiger partial charge on any atom is 0.308 e. The quantitative estimate of drug-likeness (QED) is 0.487. The number of ether oxygens (including phenoxy) is 1. The van der Waals surface area contributed by atoms with E-state index in [-0.39, 0.29) is 11.9 Å². The number of carbonyl (C=O) groups is 1. The third kappa shape index (κ3) is 3.37. The van der Waals surface area contributed by atoms with Gasteiger partial charge in [0.05, 0.1) is 12.5 Å². The minimum atomic E-state index is 0.0246. The summed E-state index contributed by atoms with van der Waals surface area (Å²) in [4.78, 5) is 11.4. The molecular weight excluding hydrogens is 164 g/mol. The Hall–Kier alpha value is -0.530. The van der Waals surface area contributed by atoms with Gasteiger partial charge in [0.15, 0.2) is 0 Å². The molecule has 0 aliphatic heterocycles. The highest BCUT2D eigenvalue weighted by atomic mass is 16.5. The molecule has 1 aliphatic carbocycles. The van der Waals surface area contributed by atoms with E-state index in [1.807, 2.05) is 6.92 Å². The summed E-state index contributed by atoms with van der Waals surface area (Å²) in [6.07, 6.45) is 5.70. The van der Waals surface area contributed by atoms with Crippen LogP contribution in [0.4, 0.5) is 0 Å². The molecule has 0 heterocycles. The lowest BCUT2D eigenvalue weighted by Crippen LogP contribution is -2.17. The van der Waals surface area contributed by atoms with Gasteiger partial charge in [-0.05, 0) is 32.1 Å². The standard InChI is InChI=1S/C11H20O2/c1-3-13-11(12)10-6-4-5-9(2)7-8-10/h9-10H,3-8H2,1-2H3. The first kappa shape index (κ1) is 10.6. The highest BCUT2D eigenvalue weighted by Crippen LogP contribution is 2.27. The lowest BCUT2D eigenvalue weighted by atomic mass is 9.99. The average molecular weight is 184 g/mol. The van der Waals surface area contributed by atoms with Crippen LogP contribution in [0.3, 0.4) is 0 Å². The second-order valence-electron chi connectivity index (χ2n) is 4.06. The normalized spacial score (nSPS) is 29.4. The van der Waals surface area contributed by atoms with Gasteiger partial charge in [-0.2, -0.15) is 0 Å². The summed E-state index contributed by atoms with van der Waals surface area (Å²) in [5, 5.41) is 0. The zero-order valence-corrected chi connectivity index (χ0v) is 8.71. The fourth-order valence-corrected chi connectivity index (χ4v) is 1.98. The molecule has 2 atom stereocenters. The molecule has 0 radical (unpaired) electrons. The van der Waals surface area contributed by atoms with Crippen LogP contribution in [0.2, 0.25) is 0 Å². The molecule has 2 nitrogen and oxygen atoms in total. The maximum absolute atomic E-state index is 11.4. The topological polar surface area (TPSA) is 26.3 Å². The second-order valence-corrected chi connectivity index (χ2v) is 4.06. The van der Waals surface area contributed by atoms with Gasteiger partial charge in [-0.15, -0.1) is 0 Å². The van der Waals surface area contributed by atoms with E-state index in [4.69, 9.17) is 4.74 Å². The summed E-state index contributed by atoms with van der Waals surface area (Å²) < 4.78 is 5.03. The summed E-state index contributed by atoms with van der Waals surface area (Å²) in [5.74, 6) is 1.00. The van der Waals surface area contributed by atoms with E-state index in [0.717, 1.165) is 18.8 Å². The molecule has 1 saturated carbocycles. The van der Waals surface area contributed by atoms with E-state index in [0.29, 0.717) is 6.61 Å². The fraction of sp³-hybridized carbons (Fsp3) is 0.909. The highest BCUT2D eigenvalue weighted by Gasteiger charge is 2.22. The monoisotopic (exact) mass is 184 g/mol. The first-order valence-electron chi connectivity index (χ1n) is 5.40. The Kier molecular flexibility index (Phi) is 4.26. The van der Waals surface area contributed by atoms with Gasteiger partial charge in [0, 0.05) is 0 Å². The first-order chi connectivity index (χ1) is 6.24. The van der Waals surface area contributed by atoms with Gasteiger partial charge in [0.2, 0.25) is 0 Å². The number of hydrogen-bond donors (Lipinski definition) is 0. The smallest absolute Gasteiger partial charge is 0.308 e.